The molecule has 1 heterocycles. The van der Waals surface area contributed by atoms with Crippen LogP contribution in [0.25, 0.3) is 0 Å². The zero-order valence-corrected chi connectivity index (χ0v) is 10.0. The van der Waals surface area contributed by atoms with Crippen molar-refractivity contribution < 1.29 is 29.0 Å². The Morgan fingerprint density at radius 2 is 2.28 bits per heavy atom. The van der Waals surface area contributed by atoms with Gasteiger partial charge in [0.15, 0.2) is 0 Å². The van der Waals surface area contributed by atoms with Crippen LogP contribution in [0.1, 0.15) is 6.42 Å². The van der Waals surface area contributed by atoms with Gasteiger partial charge in [0, 0.05) is 24.7 Å². The first-order chi connectivity index (χ1) is 8.54. The van der Waals surface area contributed by atoms with Crippen LogP contribution < -0.4 is 0 Å². The first kappa shape index (κ1) is 14.2. The van der Waals surface area contributed by atoms with Gasteiger partial charge in [0.25, 0.3) is 0 Å². The fraction of sp³-hybridized carbons (Fsp3) is 0.545. The molecule has 0 aromatic carbocycles. The molecule has 0 radical (unpaired) electrons. The number of hydrogen-bond donors (Lipinski definition) is 1. The minimum Gasteiger partial charge on any atom is -0.478 e. The molecule has 0 aliphatic carbocycles. The van der Waals surface area contributed by atoms with Crippen LogP contribution in [0.3, 0.4) is 0 Å². The molecule has 1 aliphatic rings. The van der Waals surface area contributed by atoms with E-state index in [1.807, 2.05) is 0 Å². The van der Waals surface area contributed by atoms with Gasteiger partial charge in [-0.15, -0.1) is 0 Å². The number of rotatable bonds is 5. The van der Waals surface area contributed by atoms with Gasteiger partial charge in [-0.1, -0.05) is 0 Å². The summed E-state index contributed by atoms with van der Waals surface area (Å²) < 4.78 is 9.44. The molecule has 1 N–H and O–H groups in total. The number of aliphatic carboxylic acids is 1. The minimum absolute atomic E-state index is 0.0240. The molecule has 0 atom stereocenters. The second-order valence-corrected chi connectivity index (χ2v) is 3.68. The summed E-state index contributed by atoms with van der Waals surface area (Å²) in [5, 5.41) is 8.63. The molecular weight excluding hydrogens is 242 g/mol. The second-order valence-electron chi connectivity index (χ2n) is 3.68. The van der Waals surface area contributed by atoms with Crippen LogP contribution in [0, 0.1) is 0 Å². The molecular formula is C11H15NO6. The van der Waals surface area contributed by atoms with Crippen molar-refractivity contribution in [1.29, 1.82) is 0 Å². The number of carbonyl (C=O) groups is 3. The Bertz CT molecular complexity index is 376. The third-order valence-electron chi connectivity index (χ3n) is 2.48. The van der Waals surface area contributed by atoms with Gasteiger partial charge in [0.05, 0.1) is 13.7 Å². The Hall–Kier alpha value is -1.89. The van der Waals surface area contributed by atoms with E-state index < -0.39 is 11.9 Å². The lowest BCUT2D eigenvalue weighted by Gasteiger charge is -2.26. The molecule has 0 unspecified atom stereocenters. The van der Waals surface area contributed by atoms with E-state index in [4.69, 9.17) is 9.84 Å². The normalized spacial score (nSPS) is 16.6. The molecule has 0 saturated carbocycles. The average molecular weight is 257 g/mol. The maximum Gasteiger partial charge on any atom is 0.334 e. The number of nitrogens with zero attached hydrogens (tertiary/aromatic N) is 1. The highest BCUT2D eigenvalue weighted by molar-refractivity contribution is 5.95. The Labute approximate surface area is 104 Å². The number of morpholine rings is 1. The molecule has 0 aromatic heterocycles. The topological polar surface area (TPSA) is 93.1 Å². The Morgan fingerprint density at radius 1 is 1.56 bits per heavy atom. The molecule has 1 aliphatic heterocycles. The maximum absolute atomic E-state index is 11.4. The van der Waals surface area contributed by atoms with Crippen molar-refractivity contribution in [2.75, 3.05) is 33.4 Å². The largest absolute Gasteiger partial charge is 0.478 e. The number of carboxylic acids is 1. The molecule has 18 heavy (non-hydrogen) atoms. The van der Waals surface area contributed by atoms with Gasteiger partial charge < -0.3 is 19.5 Å². The Balaban J connectivity index is 2.59. The van der Waals surface area contributed by atoms with E-state index in [1.165, 1.54) is 12.0 Å². The lowest BCUT2D eigenvalue weighted by atomic mass is 10.1. The van der Waals surface area contributed by atoms with Crippen LogP contribution >= 0.6 is 0 Å². The summed E-state index contributed by atoms with van der Waals surface area (Å²) >= 11 is 0. The fourth-order valence-electron chi connectivity index (χ4n) is 1.56. The molecule has 0 spiro atoms. The van der Waals surface area contributed by atoms with Crippen molar-refractivity contribution in [2.45, 2.75) is 6.42 Å². The van der Waals surface area contributed by atoms with Crippen molar-refractivity contribution in [3.05, 3.63) is 11.6 Å². The summed E-state index contributed by atoms with van der Waals surface area (Å²) in [6.45, 7) is 1.19. The number of carbonyl (C=O) groups excluding carboxylic acids is 2. The number of methoxy groups -OCH3 is 1. The number of carboxylic acid groups (broad SMARTS) is 1. The fourth-order valence-corrected chi connectivity index (χ4v) is 1.56. The molecule has 1 rings (SSSR count). The molecule has 0 aromatic rings. The summed E-state index contributed by atoms with van der Waals surface area (Å²) in [4.78, 5) is 34.8. The summed E-state index contributed by atoms with van der Waals surface area (Å²) in [5.41, 5.74) is 0.0318. The van der Waals surface area contributed by atoms with E-state index in [2.05, 4.69) is 4.74 Å². The van der Waals surface area contributed by atoms with Crippen molar-refractivity contribution in [2.24, 2.45) is 0 Å². The zero-order chi connectivity index (χ0) is 13.5. The maximum atomic E-state index is 11.4. The van der Waals surface area contributed by atoms with Gasteiger partial charge in [0.2, 0.25) is 5.91 Å². The zero-order valence-electron chi connectivity index (χ0n) is 10.0. The van der Waals surface area contributed by atoms with Crippen molar-refractivity contribution in [1.82, 2.24) is 4.90 Å². The first-order valence-corrected chi connectivity index (χ1v) is 5.42. The summed E-state index contributed by atoms with van der Waals surface area (Å²) in [7, 11) is 1.18. The van der Waals surface area contributed by atoms with Crippen molar-refractivity contribution in [3.63, 3.8) is 0 Å². The lowest BCUT2D eigenvalue weighted by Crippen LogP contribution is -2.42. The summed E-state index contributed by atoms with van der Waals surface area (Å²) in [6.07, 6.45) is 0.946. The van der Waals surface area contributed by atoms with Gasteiger partial charge in [-0.05, 0) is 6.42 Å². The Kier molecular flexibility index (Phi) is 5.31. The lowest BCUT2D eigenvalue weighted by molar-refractivity contribution is -0.143. The number of amides is 1. The SMILES string of the molecule is COC(=O)/C(=C/C(=O)O)CCN1CCOCC1=O. The third kappa shape index (κ3) is 4.17. The van der Waals surface area contributed by atoms with Gasteiger partial charge in [-0.2, -0.15) is 0 Å². The van der Waals surface area contributed by atoms with Crippen LogP contribution in [-0.2, 0) is 23.9 Å². The van der Waals surface area contributed by atoms with E-state index in [9.17, 15) is 14.4 Å². The van der Waals surface area contributed by atoms with Gasteiger partial charge >= 0.3 is 11.9 Å². The van der Waals surface area contributed by atoms with E-state index >= 15 is 0 Å². The summed E-state index contributed by atoms with van der Waals surface area (Å²) in [5.74, 6) is -2.08. The van der Waals surface area contributed by atoms with Crippen LogP contribution in [0.4, 0.5) is 0 Å². The number of hydrogen-bond acceptors (Lipinski definition) is 5. The highest BCUT2D eigenvalue weighted by Gasteiger charge is 2.20. The highest BCUT2D eigenvalue weighted by atomic mass is 16.5. The van der Waals surface area contributed by atoms with E-state index in [0.717, 1.165) is 6.08 Å². The molecule has 7 heteroatoms. The minimum atomic E-state index is -1.22. The van der Waals surface area contributed by atoms with Gasteiger partial charge in [-0.3, -0.25) is 4.79 Å². The number of ether oxygens (including phenoxy) is 2. The van der Waals surface area contributed by atoms with Crippen LogP contribution in [-0.4, -0.2) is 61.3 Å². The first-order valence-electron chi connectivity index (χ1n) is 5.42. The van der Waals surface area contributed by atoms with E-state index in [1.54, 1.807) is 0 Å². The predicted octanol–water partition coefficient (Wildman–Crippen LogP) is -0.581. The average Bonchev–Trinajstić information content (AvgIpc) is 2.34. The second kappa shape index (κ2) is 6.75. The van der Waals surface area contributed by atoms with Crippen molar-refractivity contribution in [3.8, 4) is 0 Å². The highest BCUT2D eigenvalue weighted by Crippen LogP contribution is 2.08. The third-order valence-corrected chi connectivity index (χ3v) is 2.48. The van der Waals surface area contributed by atoms with Crippen molar-refractivity contribution >= 4 is 17.8 Å². The Morgan fingerprint density at radius 3 is 2.83 bits per heavy atom. The molecule has 7 nitrogen and oxygen atoms in total. The molecule has 0 bridgehead atoms. The molecule has 1 saturated heterocycles. The molecule has 100 valence electrons. The van der Waals surface area contributed by atoms with Gasteiger partial charge in [-0.25, -0.2) is 9.59 Å². The van der Waals surface area contributed by atoms with Crippen LogP contribution in [0.15, 0.2) is 11.6 Å². The predicted molar refractivity (Wildman–Crippen MR) is 59.8 cm³/mol. The van der Waals surface area contributed by atoms with E-state index in [0.29, 0.717) is 13.2 Å². The standard InChI is InChI=1S/C11H15NO6/c1-17-11(16)8(6-10(14)15)2-3-12-4-5-18-7-9(12)13/h6H,2-5,7H2,1H3,(H,14,15)/b8-6+. The smallest absolute Gasteiger partial charge is 0.334 e. The molecule has 1 fully saturated rings. The van der Waals surface area contributed by atoms with Gasteiger partial charge in [0.1, 0.15) is 6.61 Å². The van der Waals surface area contributed by atoms with E-state index in [-0.39, 0.29) is 31.1 Å². The monoisotopic (exact) mass is 257 g/mol. The summed E-state index contributed by atoms with van der Waals surface area (Å²) in [6, 6.07) is 0. The number of esters is 1. The molecule has 1 amide bonds. The van der Waals surface area contributed by atoms with Crippen LogP contribution in [0.5, 0.6) is 0 Å². The quantitative estimate of drug-likeness (QED) is 0.523. The van der Waals surface area contributed by atoms with Crippen LogP contribution in [0.2, 0.25) is 0 Å².